The van der Waals surface area contributed by atoms with Gasteiger partial charge in [0.2, 0.25) is 0 Å². The van der Waals surface area contributed by atoms with Crippen molar-refractivity contribution in [2.75, 3.05) is 7.05 Å². The van der Waals surface area contributed by atoms with Gasteiger partial charge in [-0.15, -0.1) is 0 Å². The average molecular weight is 241 g/mol. The maximum absolute atomic E-state index is 5.83. The van der Waals surface area contributed by atoms with Crippen LogP contribution in [0.3, 0.4) is 0 Å². The van der Waals surface area contributed by atoms with Gasteiger partial charge in [0, 0.05) is 5.56 Å². The molecule has 2 aromatic rings. The standard InChI is InChI=1S/C16H19NO/c1-17-11-15-8-9-16(18-15)14-7-3-6-13(10-14)12-4-2-5-12/h3,6-10,12,17H,2,4-5,11H2,1H3. The van der Waals surface area contributed by atoms with E-state index in [-0.39, 0.29) is 0 Å². The van der Waals surface area contributed by atoms with Crippen molar-refractivity contribution in [1.29, 1.82) is 0 Å². The van der Waals surface area contributed by atoms with Gasteiger partial charge in [0.05, 0.1) is 6.54 Å². The number of nitrogens with one attached hydrogen (secondary N) is 1. The van der Waals surface area contributed by atoms with Gasteiger partial charge >= 0.3 is 0 Å². The van der Waals surface area contributed by atoms with E-state index in [0.29, 0.717) is 0 Å². The SMILES string of the molecule is CNCc1ccc(-c2cccc(C3CCC3)c2)o1. The fraction of sp³-hybridized carbons (Fsp3) is 0.375. The van der Waals surface area contributed by atoms with Crippen molar-refractivity contribution in [3.63, 3.8) is 0 Å². The van der Waals surface area contributed by atoms with Crippen LogP contribution in [-0.4, -0.2) is 7.05 Å². The molecule has 0 atom stereocenters. The zero-order chi connectivity index (χ0) is 12.4. The molecule has 2 heteroatoms. The van der Waals surface area contributed by atoms with E-state index in [1.165, 1.54) is 30.4 Å². The molecule has 0 radical (unpaired) electrons. The molecule has 2 nitrogen and oxygen atoms in total. The Labute approximate surface area is 108 Å². The van der Waals surface area contributed by atoms with E-state index in [1.807, 2.05) is 13.1 Å². The van der Waals surface area contributed by atoms with E-state index >= 15 is 0 Å². The summed E-state index contributed by atoms with van der Waals surface area (Å²) in [4.78, 5) is 0. The third kappa shape index (κ3) is 2.21. The third-order valence-corrected chi connectivity index (χ3v) is 3.76. The summed E-state index contributed by atoms with van der Waals surface area (Å²) >= 11 is 0. The smallest absolute Gasteiger partial charge is 0.134 e. The molecule has 0 unspecified atom stereocenters. The molecular formula is C16H19NO. The molecule has 0 bridgehead atoms. The molecule has 94 valence electrons. The first-order valence-electron chi connectivity index (χ1n) is 6.70. The first-order chi connectivity index (χ1) is 8.86. The zero-order valence-electron chi connectivity index (χ0n) is 10.8. The lowest BCUT2D eigenvalue weighted by Crippen LogP contribution is -2.08. The maximum atomic E-state index is 5.83. The first kappa shape index (κ1) is 11.5. The van der Waals surface area contributed by atoms with E-state index in [9.17, 15) is 0 Å². The molecule has 1 heterocycles. The molecule has 0 spiro atoms. The Morgan fingerprint density at radius 2 is 2.11 bits per heavy atom. The summed E-state index contributed by atoms with van der Waals surface area (Å²) in [5.41, 5.74) is 2.66. The van der Waals surface area contributed by atoms with Crippen LogP contribution >= 0.6 is 0 Å². The summed E-state index contributed by atoms with van der Waals surface area (Å²) in [6.07, 6.45) is 4.06. The van der Waals surface area contributed by atoms with Gasteiger partial charge in [-0.05, 0) is 49.6 Å². The number of benzene rings is 1. The normalized spacial score (nSPS) is 15.6. The van der Waals surface area contributed by atoms with Crippen LogP contribution in [-0.2, 0) is 6.54 Å². The molecule has 1 aromatic carbocycles. The average Bonchev–Trinajstić information content (AvgIpc) is 2.76. The van der Waals surface area contributed by atoms with Crippen LogP contribution < -0.4 is 5.32 Å². The van der Waals surface area contributed by atoms with Crippen molar-refractivity contribution in [2.45, 2.75) is 31.7 Å². The Hall–Kier alpha value is -1.54. The second-order valence-electron chi connectivity index (χ2n) is 5.05. The summed E-state index contributed by atoms with van der Waals surface area (Å²) < 4.78 is 5.83. The van der Waals surface area contributed by atoms with Gasteiger partial charge in [-0.2, -0.15) is 0 Å². The van der Waals surface area contributed by atoms with E-state index in [2.05, 4.69) is 35.6 Å². The molecule has 1 aliphatic rings. The second-order valence-corrected chi connectivity index (χ2v) is 5.05. The van der Waals surface area contributed by atoms with Gasteiger partial charge < -0.3 is 9.73 Å². The molecule has 0 saturated heterocycles. The number of hydrogen-bond donors (Lipinski definition) is 1. The minimum absolute atomic E-state index is 0.775. The molecule has 3 rings (SSSR count). The topological polar surface area (TPSA) is 25.2 Å². The minimum Gasteiger partial charge on any atom is -0.460 e. The maximum Gasteiger partial charge on any atom is 0.134 e. The first-order valence-corrected chi connectivity index (χ1v) is 6.70. The second kappa shape index (κ2) is 4.99. The summed E-state index contributed by atoms with van der Waals surface area (Å²) in [6.45, 7) is 0.780. The van der Waals surface area contributed by atoms with Crippen LogP contribution in [0.15, 0.2) is 40.8 Å². The molecule has 18 heavy (non-hydrogen) atoms. The fourth-order valence-corrected chi connectivity index (χ4v) is 2.49. The van der Waals surface area contributed by atoms with Gasteiger partial charge in [-0.25, -0.2) is 0 Å². The van der Waals surface area contributed by atoms with Crippen LogP contribution in [0, 0.1) is 0 Å². The lowest BCUT2D eigenvalue weighted by molar-refractivity contribution is 0.419. The van der Waals surface area contributed by atoms with Crippen LogP contribution in [0.25, 0.3) is 11.3 Å². The molecule has 1 N–H and O–H groups in total. The molecule has 0 amide bonds. The number of hydrogen-bond acceptors (Lipinski definition) is 2. The van der Waals surface area contributed by atoms with E-state index in [1.54, 1.807) is 0 Å². The van der Waals surface area contributed by atoms with Crippen molar-refractivity contribution in [3.8, 4) is 11.3 Å². The summed E-state index contributed by atoms with van der Waals surface area (Å²) in [5, 5.41) is 3.10. The Bertz CT molecular complexity index is 525. The predicted molar refractivity (Wildman–Crippen MR) is 73.5 cm³/mol. The third-order valence-electron chi connectivity index (χ3n) is 3.76. The largest absolute Gasteiger partial charge is 0.460 e. The Kier molecular flexibility index (Phi) is 3.20. The zero-order valence-corrected chi connectivity index (χ0v) is 10.8. The van der Waals surface area contributed by atoms with E-state index < -0.39 is 0 Å². The molecule has 1 fully saturated rings. The lowest BCUT2D eigenvalue weighted by Gasteiger charge is -2.26. The summed E-state index contributed by atoms with van der Waals surface area (Å²) in [5.74, 6) is 2.74. The fourth-order valence-electron chi connectivity index (χ4n) is 2.49. The van der Waals surface area contributed by atoms with Crippen LogP contribution in [0.5, 0.6) is 0 Å². The number of furan rings is 1. The van der Waals surface area contributed by atoms with Crippen LogP contribution in [0.4, 0.5) is 0 Å². The van der Waals surface area contributed by atoms with Gasteiger partial charge in [-0.3, -0.25) is 0 Å². The number of rotatable bonds is 4. The molecule has 1 aliphatic carbocycles. The van der Waals surface area contributed by atoms with Gasteiger partial charge in [0.1, 0.15) is 11.5 Å². The van der Waals surface area contributed by atoms with E-state index in [0.717, 1.165) is 24.0 Å². The Morgan fingerprint density at radius 3 is 2.83 bits per heavy atom. The lowest BCUT2D eigenvalue weighted by atomic mass is 9.79. The van der Waals surface area contributed by atoms with Gasteiger partial charge in [0.15, 0.2) is 0 Å². The predicted octanol–water partition coefficient (Wildman–Crippen LogP) is 3.93. The molecule has 1 saturated carbocycles. The van der Waals surface area contributed by atoms with Crippen LogP contribution in [0.2, 0.25) is 0 Å². The van der Waals surface area contributed by atoms with Crippen molar-refractivity contribution in [1.82, 2.24) is 5.32 Å². The van der Waals surface area contributed by atoms with Crippen molar-refractivity contribution in [3.05, 3.63) is 47.7 Å². The molecule has 1 aromatic heterocycles. The van der Waals surface area contributed by atoms with Crippen molar-refractivity contribution in [2.24, 2.45) is 0 Å². The van der Waals surface area contributed by atoms with Gasteiger partial charge in [-0.1, -0.05) is 24.6 Å². The van der Waals surface area contributed by atoms with Crippen LogP contribution in [0.1, 0.15) is 36.5 Å². The molecule has 0 aliphatic heterocycles. The van der Waals surface area contributed by atoms with E-state index in [4.69, 9.17) is 4.42 Å². The van der Waals surface area contributed by atoms with Crippen molar-refractivity contribution < 1.29 is 4.42 Å². The van der Waals surface area contributed by atoms with Crippen molar-refractivity contribution >= 4 is 0 Å². The monoisotopic (exact) mass is 241 g/mol. The highest BCUT2D eigenvalue weighted by Crippen LogP contribution is 2.37. The highest BCUT2D eigenvalue weighted by molar-refractivity contribution is 5.59. The Balaban J connectivity index is 1.85. The summed E-state index contributed by atoms with van der Waals surface area (Å²) in [6, 6.07) is 12.9. The molecular weight excluding hydrogens is 222 g/mol. The Morgan fingerprint density at radius 1 is 1.22 bits per heavy atom. The quantitative estimate of drug-likeness (QED) is 0.877. The highest BCUT2D eigenvalue weighted by Gasteiger charge is 2.19. The minimum atomic E-state index is 0.775. The van der Waals surface area contributed by atoms with Gasteiger partial charge in [0.25, 0.3) is 0 Å². The highest BCUT2D eigenvalue weighted by atomic mass is 16.3. The summed E-state index contributed by atoms with van der Waals surface area (Å²) in [7, 11) is 1.93.